The van der Waals surface area contributed by atoms with Crippen molar-refractivity contribution in [2.24, 2.45) is 0 Å². The summed E-state index contributed by atoms with van der Waals surface area (Å²) in [5.41, 5.74) is 3.27. The van der Waals surface area contributed by atoms with Crippen LogP contribution in [0, 0.1) is 6.92 Å². The lowest BCUT2D eigenvalue weighted by atomic mass is 10.1. The highest BCUT2D eigenvalue weighted by molar-refractivity contribution is 9.10. The van der Waals surface area contributed by atoms with Gasteiger partial charge in [-0.1, -0.05) is 53.6 Å². The highest BCUT2D eigenvalue weighted by atomic mass is 79.9. The Kier molecular flexibility index (Phi) is 5.56. The first-order valence-electron chi connectivity index (χ1n) is 7.82. The van der Waals surface area contributed by atoms with E-state index in [-0.39, 0.29) is 12.3 Å². The van der Waals surface area contributed by atoms with E-state index in [4.69, 9.17) is 11.6 Å². The predicted octanol–water partition coefficient (Wildman–Crippen LogP) is 4.84. The summed E-state index contributed by atoms with van der Waals surface area (Å²) in [5, 5.41) is 7.94. The lowest BCUT2D eigenvalue weighted by Gasteiger charge is -2.04. The molecule has 0 unspecified atom stereocenters. The second-order valence-electron chi connectivity index (χ2n) is 5.86. The number of aromatic nitrogens is 2. The van der Waals surface area contributed by atoms with Gasteiger partial charge in [-0.25, -0.2) is 0 Å². The first-order chi connectivity index (χ1) is 12.0. The lowest BCUT2D eigenvalue weighted by Crippen LogP contribution is -2.15. The number of carbonyl (C=O) groups is 1. The number of carbonyl (C=O) groups excluding carboxylic acids is 1. The summed E-state index contributed by atoms with van der Waals surface area (Å²) >= 11 is 9.31. The second kappa shape index (κ2) is 7.85. The van der Waals surface area contributed by atoms with Crippen LogP contribution in [-0.4, -0.2) is 15.7 Å². The molecule has 0 saturated heterocycles. The van der Waals surface area contributed by atoms with Gasteiger partial charge in [-0.05, 0) is 46.1 Å². The van der Waals surface area contributed by atoms with E-state index >= 15 is 0 Å². The Balaban J connectivity index is 1.65. The maximum absolute atomic E-state index is 12.2. The molecule has 0 aliphatic rings. The normalized spacial score (nSPS) is 10.7. The van der Waals surface area contributed by atoms with Crippen LogP contribution < -0.4 is 5.32 Å². The van der Waals surface area contributed by atoms with E-state index in [1.165, 1.54) is 5.56 Å². The summed E-state index contributed by atoms with van der Waals surface area (Å²) in [4.78, 5) is 12.2. The molecular weight excluding hydrogens is 402 g/mol. The van der Waals surface area contributed by atoms with E-state index in [1.54, 1.807) is 16.8 Å². The Morgan fingerprint density at radius 1 is 1.20 bits per heavy atom. The Labute approximate surface area is 159 Å². The van der Waals surface area contributed by atoms with E-state index in [2.05, 4.69) is 51.5 Å². The number of benzene rings is 2. The highest BCUT2D eigenvalue weighted by Gasteiger charge is 2.11. The third kappa shape index (κ3) is 4.94. The van der Waals surface area contributed by atoms with Crippen molar-refractivity contribution in [2.75, 3.05) is 5.32 Å². The maximum atomic E-state index is 12.2. The van der Waals surface area contributed by atoms with Gasteiger partial charge in [-0.2, -0.15) is 5.10 Å². The minimum atomic E-state index is -0.121. The SMILES string of the molecule is Cc1cccc(Cn2cc(Br)c(NC(=O)Cc3ccc(Cl)cc3)n2)c1. The van der Waals surface area contributed by atoms with Gasteiger partial charge in [0, 0.05) is 11.2 Å². The van der Waals surface area contributed by atoms with Crippen LogP contribution in [0.1, 0.15) is 16.7 Å². The monoisotopic (exact) mass is 417 g/mol. The first kappa shape index (κ1) is 17.7. The van der Waals surface area contributed by atoms with E-state index in [9.17, 15) is 4.79 Å². The number of nitrogens with one attached hydrogen (secondary N) is 1. The molecule has 6 heteroatoms. The van der Waals surface area contributed by atoms with Gasteiger partial charge in [-0.15, -0.1) is 0 Å². The van der Waals surface area contributed by atoms with Crippen molar-refractivity contribution in [3.8, 4) is 0 Å². The molecule has 1 amide bonds. The number of rotatable bonds is 5. The van der Waals surface area contributed by atoms with Crippen molar-refractivity contribution in [3.63, 3.8) is 0 Å². The van der Waals surface area contributed by atoms with Gasteiger partial charge in [0.25, 0.3) is 0 Å². The van der Waals surface area contributed by atoms with Gasteiger partial charge in [0.15, 0.2) is 5.82 Å². The third-order valence-electron chi connectivity index (χ3n) is 3.68. The molecule has 1 N–H and O–H groups in total. The Bertz CT molecular complexity index is 890. The molecule has 3 rings (SSSR count). The van der Waals surface area contributed by atoms with Crippen LogP contribution in [0.4, 0.5) is 5.82 Å². The van der Waals surface area contributed by atoms with Crippen molar-refractivity contribution >= 4 is 39.3 Å². The molecule has 4 nitrogen and oxygen atoms in total. The van der Waals surface area contributed by atoms with Crippen molar-refractivity contribution in [2.45, 2.75) is 19.9 Å². The quantitative estimate of drug-likeness (QED) is 0.644. The van der Waals surface area contributed by atoms with Gasteiger partial charge in [-0.3, -0.25) is 9.48 Å². The Morgan fingerprint density at radius 2 is 1.96 bits per heavy atom. The molecule has 1 aromatic heterocycles. The molecule has 1 heterocycles. The average molecular weight is 419 g/mol. The molecule has 25 heavy (non-hydrogen) atoms. The van der Waals surface area contributed by atoms with Crippen LogP contribution >= 0.6 is 27.5 Å². The summed E-state index contributed by atoms with van der Waals surface area (Å²) in [6, 6.07) is 15.5. The van der Waals surface area contributed by atoms with E-state index in [0.717, 1.165) is 15.6 Å². The fourth-order valence-electron chi connectivity index (χ4n) is 2.52. The fraction of sp³-hybridized carbons (Fsp3) is 0.158. The molecule has 2 aromatic carbocycles. The van der Waals surface area contributed by atoms with Crippen LogP contribution in [0.2, 0.25) is 5.02 Å². The van der Waals surface area contributed by atoms with Gasteiger partial charge in [0.1, 0.15) is 0 Å². The van der Waals surface area contributed by atoms with Crippen LogP contribution in [0.15, 0.2) is 59.2 Å². The van der Waals surface area contributed by atoms with Crippen LogP contribution in [-0.2, 0) is 17.8 Å². The molecule has 0 fully saturated rings. The van der Waals surface area contributed by atoms with Crippen molar-refractivity contribution in [1.29, 1.82) is 0 Å². The molecule has 0 bridgehead atoms. The summed E-state index contributed by atoms with van der Waals surface area (Å²) in [6.07, 6.45) is 2.13. The molecule has 128 valence electrons. The highest BCUT2D eigenvalue weighted by Crippen LogP contribution is 2.21. The Morgan fingerprint density at radius 3 is 2.68 bits per heavy atom. The van der Waals surface area contributed by atoms with Gasteiger partial charge >= 0.3 is 0 Å². The number of hydrogen-bond acceptors (Lipinski definition) is 2. The topological polar surface area (TPSA) is 46.9 Å². The zero-order chi connectivity index (χ0) is 17.8. The molecule has 0 saturated carbocycles. The maximum Gasteiger partial charge on any atom is 0.230 e. The predicted molar refractivity (Wildman–Crippen MR) is 104 cm³/mol. The van der Waals surface area contributed by atoms with Crippen LogP contribution in [0.3, 0.4) is 0 Å². The number of hydrogen-bond donors (Lipinski definition) is 1. The number of nitrogens with zero attached hydrogens (tertiary/aromatic N) is 2. The fourth-order valence-corrected chi connectivity index (χ4v) is 3.06. The summed E-state index contributed by atoms with van der Waals surface area (Å²) < 4.78 is 2.56. The third-order valence-corrected chi connectivity index (χ3v) is 4.51. The zero-order valence-electron chi connectivity index (χ0n) is 13.7. The number of anilines is 1. The van der Waals surface area contributed by atoms with Gasteiger partial charge in [0.2, 0.25) is 5.91 Å². The summed E-state index contributed by atoms with van der Waals surface area (Å²) in [5.74, 6) is 0.399. The smallest absolute Gasteiger partial charge is 0.230 e. The van der Waals surface area contributed by atoms with Crippen molar-refractivity contribution < 1.29 is 4.79 Å². The molecule has 0 atom stereocenters. The van der Waals surface area contributed by atoms with Crippen molar-refractivity contribution in [3.05, 3.63) is 80.9 Å². The Hall–Kier alpha value is -2.11. The number of amides is 1. The number of halogens is 2. The largest absolute Gasteiger partial charge is 0.308 e. The van der Waals surface area contributed by atoms with E-state index < -0.39 is 0 Å². The lowest BCUT2D eigenvalue weighted by molar-refractivity contribution is -0.115. The zero-order valence-corrected chi connectivity index (χ0v) is 16.0. The number of aryl methyl sites for hydroxylation is 1. The van der Waals surface area contributed by atoms with E-state index in [1.807, 2.05) is 24.4 Å². The van der Waals surface area contributed by atoms with Crippen molar-refractivity contribution in [1.82, 2.24) is 9.78 Å². The van der Waals surface area contributed by atoms with Crippen LogP contribution in [0.25, 0.3) is 0 Å². The van der Waals surface area contributed by atoms with Crippen LogP contribution in [0.5, 0.6) is 0 Å². The molecule has 0 aliphatic carbocycles. The standard InChI is InChI=1S/C19H17BrClN3O/c1-13-3-2-4-15(9-13)11-24-12-17(20)19(23-24)22-18(25)10-14-5-7-16(21)8-6-14/h2-9,12H,10-11H2,1H3,(H,22,23,25). The minimum absolute atomic E-state index is 0.121. The molecule has 3 aromatic rings. The molecule has 0 radical (unpaired) electrons. The molecule has 0 aliphatic heterocycles. The minimum Gasteiger partial charge on any atom is -0.308 e. The van der Waals surface area contributed by atoms with Gasteiger partial charge in [0.05, 0.1) is 17.4 Å². The van der Waals surface area contributed by atoms with Gasteiger partial charge < -0.3 is 5.32 Å². The average Bonchev–Trinajstić information content (AvgIpc) is 2.89. The summed E-state index contributed by atoms with van der Waals surface area (Å²) in [6.45, 7) is 2.71. The molecular formula is C19H17BrClN3O. The summed E-state index contributed by atoms with van der Waals surface area (Å²) in [7, 11) is 0. The van der Waals surface area contributed by atoms with E-state index in [0.29, 0.717) is 17.4 Å². The molecule has 0 spiro atoms. The first-order valence-corrected chi connectivity index (χ1v) is 8.99. The second-order valence-corrected chi connectivity index (χ2v) is 7.15.